The first kappa shape index (κ1) is 15.5. The number of hydrogen-bond acceptors (Lipinski definition) is 4. The van der Waals surface area contributed by atoms with E-state index in [2.05, 4.69) is 4.98 Å². The van der Waals surface area contributed by atoms with E-state index in [1.165, 1.54) is 23.3 Å². The standard InChI is InChI=1S/C14H14ClN3O2S/c1-8-12(14(20)18(2)7-11(16)19)21-13(17-8)9-4-3-5-10(15)6-9/h3-6H,7H2,1-2H3,(H2,16,19). The Labute approximate surface area is 131 Å². The highest BCUT2D eigenvalue weighted by Crippen LogP contribution is 2.30. The summed E-state index contributed by atoms with van der Waals surface area (Å²) in [6.45, 7) is 1.64. The molecule has 2 N–H and O–H groups in total. The number of likely N-dealkylation sites (N-methyl/N-ethyl adjacent to an activating group) is 1. The Morgan fingerprint density at radius 3 is 2.76 bits per heavy atom. The highest BCUT2D eigenvalue weighted by molar-refractivity contribution is 7.17. The van der Waals surface area contributed by atoms with E-state index in [-0.39, 0.29) is 12.5 Å². The van der Waals surface area contributed by atoms with Gasteiger partial charge in [-0.3, -0.25) is 9.59 Å². The molecule has 7 heteroatoms. The third-order valence-corrected chi connectivity index (χ3v) is 4.23. The van der Waals surface area contributed by atoms with E-state index in [4.69, 9.17) is 17.3 Å². The molecule has 2 aromatic rings. The van der Waals surface area contributed by atoms with Gasteiger partial charge in [0.05, 0.1) is 12.2 Å². The molecule has 1 aromatic heterocycles. The Kier molecular flexibility index (Phi) is 4.59. The molecular weight excluding hydrogens is 310 g/mol. The van der Waals surface area contributed by atoms with Crippen LogP contribution in [0.15, 0.2) is 24.3 Å². The molecule has 21 heavy (non-hydrogen) atoms. The Balaban J connectivity index is 2.31. The maximum Gasteiger partial charge on any atom is 0.266 e. The lowest BCUT2D eigenvalue weighted by Crippen LogP contribution is -2.35. The number of aryl methyl sites for hydroxylation is 1. The van der Waals surface area contributed by atoms with Crippen LogP contribution in [0.2, 0.25) is 5.02 Å². The minimum atomic E-state index is -0.553. The van der Waals surface area contributed by atoms with Crippen molar-refractivity contribution in [3.05, 3.63) is 39.9 Å². The van der Waals surface area contributed by atoms with E-state index in [0.717, 1.165) is 5.56 Å². The van der Waals surface area contributed by atoms with E-state index in [1.54, 1.807) is 19.1 Å². The van der Waals surface area contributed by atoms with Crippen LogP contribution in [-0.4, -0.2) is 35.3 Å². The van der Waals surface area contributed by atoms with Crippen molar-refractivity contribution in [3.63, 3.8) is 0 Å². The minimum absolute atomic E-state index is 0.122. The average molecular weight is 324 g/mol. The summed E-state index contributed by atoms with van der Waals surface area (Å²) in [5.41, 5.74) is 6.58. The van der Waals surface area contributed by atoms with Gasteiger partial charge in [0.15, 0.2) is 0 Å². The van der Waals surface area contributed by atoms with Crippen LogP contribution < -0.4 is 5.73 Å². The van der Waals surface area contributed by atoms with Crippen molar-refractivity contribution < 1.29 is 9.59 Å². The van der Waals surface area contributed by atoms with Gasteiger partial charge in [-0.15, -0.1) is 11.3 Å². The summed E-state index contributed by atoms with van der Waals surface area (Å²) in [5.74, 6) is -0.819. The van der Waals surface area contributed by atoms with Gasteiger partial charge >= 0.3 is 0 Å². The largest absolute Gasteiger partial charge is 0.368 e. The fourth-order valence-electron chi connectivity index (χ4n) is 1.82. The number of halogens is 1. The summed E-state index contributed by atoms with van der Waals surface area (Å²) < 4.78 is 0. The first-order valence-electron chi connectivity index (χ1n) is 6.15. The zero-order valence-corrected chi connectivity index (χ0v) is 13.2. The lowest BCUT2D eigenvalue weighted by Gasteiger charge is -2.13. The molecule has 0 saturated heterocycles. The van der Waals surface area contributed by atoms with Crippen molar-refractivity contribution in [1.82, 2.24) is 9.88 Å². The summed E-state index contributed by atoms with van der Waals surface area (Å²) in [7, 11) is 1.53. The number of benzene rings is 1. The van der Waals surface area contributed by atoms with Gasteiger partial charge in [0.2, 0.25) is 5.91 Å². The topological polar surface area (TPSA) is 76.3 Å². The quantitative estimate of drug-likeness (QED) is 0.938. The molecular formula is C14H14ClN3O2S. The van der Waals surface area contributed by atoms with Crippen LogP contribution in [0.1, 0.15) is 15.4 Å². The third kappa shape index (κ3) is 3.59. The molecule has 0 aliphatic rings. The van der Waals surface area contributed by atoms with E-state index in [1.807, 2.05) is 12.1 Å². The SMILES string of the molecule is Cc1nc(-c2cccc(Cl)c2)sc1C(=O)N(C)CC(N)=O. The number of aromatic nitrogens is 1. The predicted molar refractivity (Wildman–Crippen MR) is 83.5 cm³/mol. The molecule has 0 aliphatic heterocycles. The van der Waals surface area contributed by atoms with Gasteiger partial charge in [-0.2, -0.15) is 0 Å². The highest BCUT2D eigenvalue weighted by Gasteiger charge is 2.20. The fourth-order valence-corrected chi connectivity index (χ4v) is 3.07. The zero-order chi connectivity index (χ0) is 15.6. The molecule has 1 heterocycles. The molecule has 2 rings (SSSR count). The fraction of sp³-hybridized carbons (Fsp3) is 0.214. The van der Waals surface area contributed by atoms with Crippen molar-refractivity contribution in [2.24, 2.45) is 5.73 Å². The minimum Gasteiger partial charge on any atom is -0.368 e. The molecule has 0 saturated carbocycles. The molecule has 110 valence electrons. The predicted octanol–water partition coefficient (Wildman–Crippen LogP) is 2.33. The first-order chi connectivity index (χ1) is 9.88. The summed E-state index contributed by atoms with van der Waals surface area (Å²) in [4.78, 5) is 29.3. The number of rotatable bonds is 4. The number of primary amides is 1. The van der Waals surface area contributed by atoms with Crippen LogP contribution >= 0.6 is 22.9 Å². The molecule has 0 atom stereocenters. The van der Waals surface area contributed by atoms with E-state index < -0.39 is 5.91 Å². The summed E-state index contributed by atoms with van der Waals surface area (Å²) in [5, 5.41) is 1.32. The van der Waals surface area contributed by atoms with Crippen LogP contribution in [0, 0.1) is 6.92 Å². The smallest absolute Gasteiger partial charge is 0.266 e. The number of nitrogens with zero attached hydrogens (tertiary/aromatic N) is 2. The van der Waals surface area contributed by atoms with E-state index >= 15 is 0 Å². The Morgan fingerprint density at radius 2 is 2.14 bits per heavy atom. The van der Waals surface area contributed by atoms with Crippen LogP contribution in [0.25, 0.3) is 10.6 Å². The van der Waals surface area contributed by atoms with Gasteiger partial charge < -0.3 is 10.6 Å². The second-order valence-electron chi connectivity index (χ2n) is 4.57. The average Bonchev–Trinajstić information content (AvgIpc) is 2.79. The van der Waals surface area contributed by atoms with Crippen molar-refractivity contribution in [3.8, 4) is 10.6 Å². The van der Waals surface area contributed by atoms with Gasteiger partial charge in [0.1, 0.15) is 9.88 Å². The van der Waals surface area contributed by atoms with Crippen molar-refractivity contribution >= 4 is 34.8 Å². The van der Waals surface area contributed by atoms with E-state index in [9.17, 15) is 9.59 Å². The molecule has 0 unspecified atom stereocenters. The Morgan fingerprint density at radius 1 is 1.43 bits per heavy atom. The Hall–Kier alpha value is -1.92. The second-order valence-corrected chi connectivity index (χ2v) is 6.01. The van der Waals surface area contributed by atoms with Crippen LogP contribution in [0.5, 0.6) is 0 Å². The number of amides is 2. The highest BCUT2D eigenvalue weighted by atomic mass is 35.5. The van der Waals surface area contributed by atoms with Gasteiger partial charge in [0.25, 0.3) is 5.91 Å². The lowest BCUT2D eigenvalue weighted by atomic mass is 10.2. The molecule has 2 amide bonds. The van der Waals surface area contributed by atoms with Crippen molar-refractivity contribution in [2.45, 2.75) is 6.92 Å². The second kappa shape index (κ2) is 6.24. The monoisotopic (exact) mass is 323 g/mol. The maximum atomic E-state index is 12.3. The van der Waals surface area contributed by atoms with Gasteiger partial charge in [-0.05, 0) is 19.1 Å². The van der Waals surface area contributed by atoms with Gasteiger partial charge in [0, 0.05) is 17.6 Å². The number of carbonyl (C=O) groups is 2. The Bertz CT molecular complexity index is 699. The van der Waals surface area contributed by atoms with Crippen molar-refractivity contribution in [2.75, 3.05) is 13.6 Å². The molecule has 0 bridgehead atoms. The molecule has 1 aromatic carbocycles. The van der Waals surface area contributed by atoms with Crippen molar-refractivity contribution in [1.29, 1.82) is 0 Å². The summed E-state index contributed by atoms with van der Waals surface area (Å²) >= 11 is 7.23. The summed E-state index contributed by atoms with van der Waals surface area (Å²) in [6, 6.07) is 7.28. The maximum absolute atomic E-state index is 12.3. The molecule has 5 nitrogen and oxygen atoms in total. The molecule has 0 aliphatic carbocycles. The third-order valence-electron chi connectivity index (χ3n) is 2.80. The normalized spacial score (nSPS) is 10.4. The van der Waals surface area contributed by atoms with Gasteiger partial charge in [-0.25, -0.2) is 4.98 Å². The number of hydrogen-bond donors (Lipinski definition) is 1. The zero-order valence-electron chi connectivity index (χ0n) is 11.6. The summed E-state index contributed by atoms with van der Waals surface area (Å²) in [6.07, 6.45) is 0. The number of thiazole rings is 1. The lowest BCUT2D eigenvalue weighted by molar-refractivity contribution is -0.118. The number of carbonyl (C=O) groups excluding carboxylic acids is 2. The molecule has 0 spiro atoms. The van der Waals surface area contributed by atoms with Crippen LogP contribution in [-0.2, 0) is 4.79 Å². The first-order valence-corrected chi connectivity index (χ1v) is 7.35. The number of nitrogens with two attached hydrogens (primary N) is 1. The van der Waals surface area contributed by atoms with Crippen LogP contribution in [0.3, 0.4) is 0 Å². The van der Waals surface area contributed by atoms with Gasteiger partial charge in [-0.1, -0.05) is 23.7 Å². The molecule has 0 radical (unpaired) electrons. The molecule has 0 fully saturated rings. The van der Waals surface area contributed by atoms with E-state index in [0.29, 0.717) is 20.6 Å². The van der Waals surface area contributed by atoms with Crippen LogP contribution in [0.4, 0.5) is 0 Å².